The van der Waals surface area contributed by atoms with Gasteiger partial charge in [0.1, 0.15) is 24.1 Å². The van der Waals surface area contributed by atoms with Crippen LogP contribution in [0.1, 0.15) is 43.2 Å². The molecule has 1 atom stereocenters. The average Bonchev–Trinajstić information content (AvgIpc) is 3.13. The third-order valence-electron chi connectivity index (χ3n) is 8.74. The first-order chi connectivity index (χ1) is 23.7. The Morgan fingerprint density at radius 3 is 2.16 bits per heavy atom. The van der Waals surface area contributed by atoms with E-state index in [1.54, 1.807) is 49.6 Å². The molecular formula is C38H42ClN3O6S. The van der Waals surface area contributed by atoms with Gasteiger partial charge in [-0.15, -0.1) is 0 Å². The van der Waals surface area contributed by atoms with Crippen LogP contribution in [0.4, 0.5) is 5.69 Å². The van der Waals surface area contributed by atoms with Crippen LogP contribution in [0, 0.1) is 0 Å². The number of nitrogens with one attached hydrogen (secondary N) is 1. The van der Waals surface area contributed by atoms with E-state index in [0.717, 1.165) is 47.5 Å². The third-order valence-corrected chi connectivity index (χ3v) is 10.8. The molecule has 0 aliphatic heterocycles. The average molecular weight is 704 g/mol. The van der Waals surface area contributed by atoms with Crippen LogP contribution in [0.25, 0.3) is 0 Å². The lowest BCUT2D eigenvalue weighted by atomic mass is 9.94. The zero-order valence-corrected chi connectivity index (χ0v) is 29.3. The molecule has 9 nitrogen and oxygen atoms in total. The van der Waals surface area contributed by atoms with Crippen molar-refractivity contribution in [3.63, 3.8) is 0 Å². The number of nitrogens with zero attached hydrogens (tertiary/aromatic N) is 2. The van der Waals surface area contributed by atoms with Gasteiger partial charge in [-0.25, -0.2) is 8.42 Å². The van der Waals surface area contributed by atoms with E-state index in [2.05, 4.69) is 5.32 Å². The molecule has 0 spiro atoms. The summed E-state index contributed by atoms with van der Waals surface area (Å²) in [5.41, 5.74) is 1.77. The highest BCUT2D eigenvalue weighted by molar-refractivity contribution is 7.92. The van der Waals surface area contributed by atoms with Gasteiger partial charge in [-0.1, -0.05) is 91.5 Å². The second-order valence-electron chi connectivity index (χ2n) is 12.1. The van der Waals surface area contributed by atoms with Gasteiger partial charge in [0.25, 0.3) is 10.0 Å². The first kappa shape index (κ1) is 35.8. The van der Waals surface area contributed by atoms with E-state index in [1.807, 2.05) is 42.5 Å². The Morgan fingerprint density at radius 1 is 0.837 bits per heavy atom. The van der Waals surface area contributed by atoms with Gasteiger partial charge in [0.05, 0.1) is 29.8 Å². The smallest absolute Gasteiger partial charge is 0.264 e. The van der Waals surface area contributed by atoms with Crippen LogP contribution in [-0.2, 0) is 32.6 Å². The molecule has 0 radical (unpaired) electrons. The van der Waals surface area contributed by atoms with Crippen LogP contribution in [0.3, 0.4) is 0 Å². The predicted molar refractivity (Wildman–Crippen MR) is 191 cm³/mol. The Kier molecular flexibility index (Phi) is 12.2. The van der Waals surface area contributed by atoms with Crippen LogP contribution in [0.2, 0.25) is 5.02 Å². The molecule has 1 unspecified atom stereocenters. The van der Waals surface area contributed by atoms with Crippen LogP contribution in [0.5, 0.6) is 11.5 Å². The Bertz CT molecular complexity index is 1820. The van der Waals surface area contributed by atoms with Crippen molar-refractivity contribution >= 4 is 39.1 Å². The number of hydrogen-bond donors (Lipinski definition) is 1. The monoisotopic (exact) mass is 703 g/mol. The maximum Gasteiger partial charge on any atom is 0.264 e. The number of ether oxygens (including phenoxy) is 2. The predicted octanol–water partition coefficient (Wildman–Crippen LogP) is 6.64. The summed E-state index contributed by atoms with van der Waals surface area (Å²) >= 11 is 6.47. The van der Waals surface area contributed by atoms with E-state index in [0.29, 0.717) is 11.5 Å². The highest BCUT2D eigenvalue weighted by Gasteiger charge is 2.35. The van der Waals surface area contributed by atoms with Crippen molar-refractivity contribution in [2.45, 2.75) is 62.0 Å². The number of hydrogen-bond acceptors (Lipinski definition) is 6. The van der Waals surface area contributed by atoms with E-state index < -0.39 is 28.5 Å². The normalized spacial score (nSPS) is 14.0. The lowest BCUT2D eigenvalue weighted by Crippen LogP contribution is -2.55. The lowest BCUT2D eigenvalue weighted by Gasteiger charge is -2.35. The maximum atomic E-state index is 14.8. The summed E-state index contributed by atoms with van der Waals surface area (Å²) < 4.78 is 40.3. The maximum absolute atomic E-state index is 14.8. The zero-order chi connectivity index (χ0) is 34.8. The van der Waals surface area contributed by atoms with Crippen molar-refractivity contribution in [1.82, 2.24) is 10.2 Å². The second kappa shape index (κ2) is 16.7. The fourth-order valence-electron chi connectivity index (χ4n) is 6.12. The van der Waals surface area contributed by atoms with Gasteiger partial charge in [0, 0.05) is 19.0 Å². The molecule has 2 amide bonds. The van der Waals surface area contributed by atoms with E-state index >= 15 is 0 Å². The fourth-order valence-corrected chi connectivity index (χ4v) is 7.80. The molecule has 1 saturated carbocycles. The summed E-state index contributed by atoms with van der Waals surface area (Å²) in [6, 6.07) is 28.3. The number of carbonyl (C=O) groups is 2. The van der Waals surface area contributed by atoms with Crippen LogP contribution >= 0.6 is 11.6 Å². The molecule has 4 aromatic rings. The number of amides is 2. The number of carbonyl (C=O) groups excluding carboxylic acids is 2. The standard InChI is InChI=1S/C38H42ClN3O6S/c1-47-32-18-12-15-29(23-32)26-41(35(24-28-13-6-3-7-14-28)38(44)40-30-16-8-4-9-17-30)37(43)27-42(31-21-22-36(48-2)34(39)25-31)49(45,46)33-19-10-5-11-20-33/h3,5-7,10-15,18-23,25,30,35H,4,8-9,16-17,24,26-27H2,1-2H3,(H,40,44). The summed E-state index contributed by atoms with van der Waals surface area (Å²) in [6.45, 7) is -0.555. The summed E-state index contributed by atoms with van der Waals surface area (Å²) in [6.07, 6.45) is 5.15. The number of anilines is 1. The second-order valence-corrected chi connectivity index (χ2v) is 14.3. The van der Waals surface area contributed by atoms with Crippen LogP contribution in [0.15, 0.2) is 108 Å². The SMILES string of the molecule is COc1cccc(CN(C(=O)CN(c2ccc(OC)c(Cl)c2)S(=O)(=O)c2ccccc2)C(Cc2ccccc2)C(=O)NC2CCCCC2)c1. The van der Waals surface area contributed by atoms with Crippen molar-refractivity contribution in [2.75, 3.05) is 25.1 Å². The van der Waals surface area contributed by atoms with Crippen molar-refractivity contribution in [2.24, 2.45) is 0 Å². The molecule has 1 aliphatic carbocycles. The molecule has 0 heterocycles. The van der Waals surface area contributed by atoms with Crippen molar-refractivity contribution < 1.29 is 27.5 Å². The van der Waals surface area contributed by atoms with E-state index in [9.17, 15) is 18.0 Å². The Morgan fingerprint density at radius 2 is 1.51 bits per heavy atom. The summed E-state index contributed by atoms with van der Waals surface area (Å²) in [5, 5.41) is 3.41. The molecular weight excluding hydrogens is 662 g/mol. The van der Waals surface area contributed by atoms with E-state index in [1.165, 1.54) is 30.2 Å². The lowest BCUT2D eigenvalue weighted by molar-refractivity contribution is -0.140. The minimum atomic E-state index is -4.26. The van der Waals surface area contributed by atoms with Gasteiger partial charge >= 0.3 is 0 Å². The van der Waals surface area contributed by atoms with E-state index in [-0.39, 0.29) is 40.5 Å². The van der Waals surface area contributed by atoms with Gasteiger partial charge in [0.15, 0.2) is 0 Å². The van der Waals surface area contributed by atoms with Crippen LogP contribution in [-0.4, -0.2) is 58.0 Å². The number of methoxy groups -OCH3 is 2. The zero-order valence-electron chi connectivity index (χ0n) is 27.8. The molecule has 1 fully saturated rings. The molecule has 4 aromatic carbocycles. The van der Waals surface area contributed by atoms with Gasteiger partial charge < -0.3 is 19.7 Å². The van der Waals surface area contributed by atoms with Gasteiger partial charge in [0.2, 0.25) is 11.8 Å². The molecule has 1 N–H and O–H groups in total. The molecule has 1 aliphatic rings. The molecule has 258 valence electrons. The van der Waals surface area contributed by atoms with Crippen molar-refractivity contribution in [3.05, 3.63) is 119 Å². The molecule has 49 heavy (non-hydrogen) atoms. The van der Waals surface area contributed by atoms with E-state index in [4.69, 9.17) is 21.1 Å². The van der Waals surface area contributed by atoms with Gasteiger partial charge in [-0.2, -0.15) is 0 Å². The van der Waals surface area contributed by atoms with Gasteiger partial charge in [-0.3, -0.25) is 13.9 Å². The molecule has 0 aromatic heterocycles. The topological polar surface area (TPSA) is 105 Å². The Hall–Kier alpha value is -4.54. The quantitative estimate of drug-likeness (QED) is 0.158. The van der Waals surface area contributed by atoms with Crippen LogP contribution < -0.4 is 19.1 Å². The highest BCUT2D eigenvalue weighted by Crippen LogP contribution is 2.32. The third kappa shape index (κ3) is 9.13. The molecule has 11 heteroatoms. The number of sulfonamides is 1. The highest BCUT2D eigenvalue weighted by atomic mass is 35.5. The molecule has 5 rings (SSSR count). The summed E-state index contributed by atoms with van der Waals surface area (Å²) in [4.78, 5) is 30.5. The van der Waals surface area contributed by atoms with Crippen molar-refractivity contribution in [1.29, 1.82) is 0 Å². The first-order valence-electron chi connectivity index (χ1n) is 16.4. The molecule has 0 saturated heterocycles. The fraction of sp³-hybridized carbons (Fsp3) is 0.316. The number of halogens is 1. The number of rotatable bonds is 14. The largest absolute Gasteiger partial charge is 0.497 e. The first-order valence-corrected chi connectivity index (χ1v) is 18.2. The summed E-state index contributed by atoms with van der Waals surface area (Å²) in [7, 11) is -1.24. The van der Waals surface area contributed by atoms with Gasteiger partial charge in [-0.05, 0) is 66.4 Å². The Labute approximate surface area is 293 Å². The Balaban J connectivity index is 1.58. The summed E-state index contributed by atoms with van der Waals surface area (Å²) in [5.74, 6) is 0.110. The molecule has 0 bridgehead atoms. The van der Waals surface area contributed by atoms with Crippen molar-refractivity contribution in [3.8, 4) is 11.5 Å². The minimum Gasteiger partial charge on any atom is -0.497 e. The number of benzene rings is 4. The minimum absolute atomic E-state index is 0.00434.